The van der Waals surface area contributed by atoms with Gasteiger partial charge < -0.3 is 19.4 Å². The number of nitrogens with zero attached hydrogens (tertiary/aromatic N) is 3. The monoisotopic (exact) mass is 974 g/mol. The van der Waals surface area contributed by atoms with Gasteiger partial charge in [0, 0.05) is 41.8 Å². The minimum Gasteiger partial charge on any atom is -0.498 e. The molecule has 5 aromatic carbocycles. The molecule has 296 valence electrons. The van der Waals surface area contributed by atoms with E-state index in [9.17, 15) is 16.4 Å². The summed E-state index contributed by atoms with van der Waals surface area (Å²) in [6.45, 7) is 3.12. The number of aromatic nitrogens is 3. The third kappa shape index (κ3) is 9.06. The molecule has 60 heavy (non-hydrogen) atoms. The third-order valence-electron chi connectivity index (χ3n) is 9.58. The minimum absolute atomic E-state index is 0. The molecule has 0 bridgehead atoms. The van der Waals surface area contributed by atoms with Gasteiger partial charge in [0.2, 0.25) is 0 Å². The van der Waals surface area contributed by atoms with E-state index in [2.05, 4.69) is 33.2 Å². The van der Waals surface area contributed by atoms with Gasteiger partial charge in [-0.25, -0.2) is 4.39 Å². The van der Waals surface area contributed by atoms with Gasteiger partial charge >= 0.3 is 20.1 Å². The zero-order chi connectivity index (χ0) is 51.8. The Morgan fingerprint density at radius 3 is 1.48 bits per heavy atom. The second kappa shape index (κ2) is 18.5. The fourth-order valence-electron chi connectivity index (χ4n) is 6.60. The number of hydrogen-bond acceptors (Lipinski definition) is 4. The van der Waals surface area contributed by atoms with Crippen molar-refractivity contribution >= 4 is 21.9 Å². The third-order valence-corrected chi connectivity index (χ3v) is 9.58. The van der Waals surface area contributed by atoms with Crippen molar-refractivity contribution in [1.29, 1.82) is 0 Å². The van der Waals surface area contributed by atoms with E-state index in [1.165, 1.54) is 42.5 Å². The average Bonchev–Trinajstić information content (AvgIpc) is 3.76. The number of aryl methyl sites for hydroxylation is 6. The number of fused-ring (bicyclic) bond motifs is 3. The molecule has 0 saturated heterocycles. The molecule has 0 amide bonds. The largest absolute Gasteiger partial charge is 3.00 e. The summed E-state index contributed by atoms with van der Waals surface area (Å²) in [6.07, 6.45) is -14.9. The van der Waals surface area contributed by atoms with E-state index in [0.29, 0.717) is 38.9 Å². The molecule has 0 aliphatic carbocycles. The van der Waals surface area contributed by atoms with E-state index in [0.717, 1.165) is 36.8 Å². The van der Waals surface area contributed by atoms with Crippen LogP contribution in [-0.4, -0.2) is 15.0 Å². The molecule has 0 saturated carbocycles. The van der Waals surface area contributed by atoms with Gasteiger partial charge in [-0.3, -0.25) is 0 Å². The van der Waals surface area contributed by atoms with Crippen LogP contribution in [-0.2, 0) is 58.3 Å². The number of halogens is 1. The van der Waals surface area contributed by atoms with Crippen molar-refractivity contribution in [1.82, 2.24) is 15.0 Å². The Balaban J connectivity index is 0.00000711. The maximum absolute atomic E-state index is 15.8. The Morgan fingerprint density at radius 2 is 1.03 bits per heavy atom. The molecular weight excluding hydrogens is 918 g/mol. The number of pyridine rings is 3. The SMILES string of the molecule is [2H]C(C)(C)c1ccc2c(oc3c(-c4ccc(C([2H])([2H])C([2H])([2H])c5cc(C([2H])([2H])C([2H])([2H])c6ccc(-c7[c-]cccc7)nc6)cc(C([2H])([2H])C([2H])([2H])c6ccc(-c7[c-]cccc7)nc6)c5)cn4)[c-]ccc32)c1F.[Ir+3]. The summed E-state index contributed by atoms with van der Waals surface area (Å²) < 4.78 is 142. The Kier molecular flexibility index (Phi) is 8.51. The smallest absolute Gasteiger partial charge is 0.498 e. The van der Waals surface area contributed by atoms with Crippen LogP contribution < -0.4 is 0 Å². The predicted octanol–water partition coefficient (Wildman–Crippen LogP) is 12.8. The maximum atomic E-state index is 15.8. The molecule has 9 rings (SSSR count). The standard InChI is InChI=1S/C54H43FN3O.Ir/c1-36(2)45-25-26-47-46-14-9-15-48(53(46)59-54(47)52(45)55)51-29-24-39(35-58-51)18-21-42-31-40(19-16-37-22-27-49(56-33-37)43-10-5-3-6-11-43)30-41(32-42)20-17-38-23-28-50(57-34-38)44-12-7-4-8-13-44;/h3-10,12,14,22-36H,16-21H2,1-2H3;/q-3;+3/i16D2,17D2,18D2,19D2,20D2,21D2,36D;. The van der Waals surface area contributed by atoms with Gasteiger partial charge in [0.05, 0.1) is 5.58 Å². The van der Waals surface area contributed by atoms with Crippen molar-refractivity contribution in [2.24, 2.45) is 0 Å². The number of rotatable bonds is 13. The molecule has 0 atom stereocenters. The first-order valence-corrected chi connectivity index (χ1v) is 18.8. The van der Waals surface area contributed by atoms with E-state index < -0.39 is 66.6 Å². The van der Waals surface area contributed by atoms with Gasteiger partial charge in [-0.1, -0.05) is 91.5 Å². The summed E-state index contributed by atoms with van der Waals surface area (Å²) >= 11 is 0. The summed E-state index contributed by atoms with van der Waals surface area (Å²) in [5.41, 5.74) is 0.312. The minimum atomic E-state index is -3.16. The van der Waals surface area contributed by atoms with Gasteiger partial charge in [-0.15, -0.1) is 90.0 Å². The van der Waals surface area contributed by atoms with E-state index in [1.807, 2.05) is 0 Å². The van der Waals surface area contributed by atoms with Crippen molar-refractivity contribution in [3.8, 4) is 33.8 Å². The molecule has 4 nitrogen and oxygen atoms in total. The predicted molar refractivity (Wildman–Crippen MR) is 236 cm³/mol. The summed E-state index contributed by atoms with van der Waals surface area (Å²) in [4.78, 5) is 13.2. The molecule has 9 aromatic rings. The van der Waals surface area contributed by atoms with Crippen LogP contribution in [0.15, 0.2) is 150 Å². The Labute approximate surface area is 383 Å². The van der Waals surface area contributed by atoms with Crippen LogP contribution in [0.4, 0.5) is 4.39 Å². The van der Waals surface area contributed by atoms with Crippen molar-refractivity contribution in [2.45, 2.75) is 58.0 Å². The van der Waals surface area contributed by atoms with Crippen molar-refractivity contribution in [2.75, 3.05) is 0 Å². The van der Waals surface area contributed by atoms with Gasteiger partial charge in [0.15, 0.2) is 11.4 Å². The molecule has 0 aliphatic heterocycles. The molecular formula is C54H43FIrN3O. The molecule has 0 aliphatic rings. The first kappa shape index (κ1) is 27.6. The van der Waals surface area contributed by atoms with Crippen LogP contribution in [0.2, 0.25) is 0 Å². The quantitative estimate of drug-likeness (QED) is 0.108. The van der Waals surface area contributed by atoms with E-state index in [4.69, 9.17) is 5.79 Å². The summed E-state index contributed by atoms with van der Waals surface area (Å²) in [5, 5.41) is 0.989. The Hall–Kier alpha value is -6.07. The van der Waals surface area contributed by atoms with Crippen LogP contribution in [0.1, 0.15) is 76.5 Å². The molecule has 6 heteroatoms. The Bertz CT molecular complexity index is 3340. The molecule has 0 fully saturated rings. The van der Waals surface area contributed by atoms with E-state index in [1.54, 1.807) is 80.6 Å². The zero-order valence-electron chi connectivity index (χ0n) is 45.3. The van der Waals surface area contributed by atoms with Gasteiger partial charge in [0.1, 0.15) is 0 Å². The normalized spacial score (nSPS) is 16.1. The molecule has 4 aromatic heterocycles. The van der Waals surface area contributed by atoms with Crippen LogP contribution in [0.25, 0.3) is 55.7 Å². The summed E-state index contributed by atoms with van der Waals surface area (Å²) in [6, 6.07) is 40.8. The second-order valence-corrected chi connectivity index (χ2v) is 13.9. The summed E-state index contributed by atoms with van der Waals surface area (Å²) in [7, 11) is 0. The van der Waals surface area contributed by atoms with Gasteiger partial charge in [-0.2, -0.15) is 0 Å². The van der Waals surface area contributed by atoms with Crippen LogP contribution in [0, 0.1) is 24.0 Å². The second-order valence-electron chi connectivity index (χ2n) is 13.9. The van der Waals surface area contributed by atoms with Crippen molar-refractivity contribution in [3.63, 3.8) is 0 Å². The van der Waals surface area contributed by atoms with Crippen LogP contribution >= 0.6 is 0 Å². The zero-order valence-corrected chi connectivity index (χ0v) is 34.7. The molecule has 4 heterocycles. The van der Waals surface area contributed by atoms with Crippen LogP contribution in [0.5, 0.6) is 0 Å². The maximum Gasteiger partial charge on any atom is 3.00 e. The number of hydrogen-bond donors (Lipinski definition) is 0. The first-order chi connectivity index (χ1) is 33.8. The number of benzene rings is 5. The number of furan rings is 1. The molecule has 0 N–H and O–H groups in total. The van der Waals surface area contributed by atoms with E-state index >= 15 is 4.39 Å². The van der Waals surface area contributed by atoms with Gasteiger partial charge in [0.25, 0.3) is 0 Å². The van der Waals surface area contributed by atoms with E-state index in [-0.39, 0.29) is 59.2 Å². The first-order valence-electron chi connectivity index (χ1n) is 25.3. The Morgan fingerprint density at radius 1 is 0.550 bits per heavy atom. The molecule has 0 unspecified atom stereocenters. The topological polar surface area (TPSA) is 51.8 Å². The average molecular weight is 974 g/mol. The van der Waals surface area contributed by atoms with Gasteiger partial charge in [-0.05, 0) is 100 Å². The summed E-state index contributed by atoms with van der Waals surface area (Å²) in [5.74, 6) is -1.94. The van der Waals surface area contributed by atoms with Crippen LogP contribution in [0.3, 0.4) is 0 Å². The fraction of sp³-hybridized carbons (Fsp3) is 0.167. The van der Waals surface area contributed by atoms with Crippen molar-refractivity contribution in [3.05, 3.63) is 209 Å². The van der Waals surface area contributed by atoms with Crippen molar-refractivity contribution < 1.29 is 46.7 Å². The molecule has 0 spiro atoms. The molecule has 0 radical (unpaired) electrons. The fourth-order valence-corrected chi connectivity index (χ4v) is 6.60.